The molecule has 0 radical (unpaired) electrons. The van der Waals surface area contributed by atoms with E-state index in [9.17, 15) is 14.4 Å². The molecule has 2 aliphatic heterocycles. The molecule has 3 unspecified atom stereocenters. The fraction of sp³-hybridized carbons (Fsp3) is 0.207. The first-order valence-electron chi connectivity index (χ1n) is 12.0. The largest absolute Gasteiger partial charge is 0.489 e. The fourth-order valence-corrected chi connectivity index (χ4v) is 7.46. The monoisotopic (exact) mass is 528 g/mol. The third-order valence-corrected chi connectivity index (χ3v) is 9.28. The van der Waals surface area contributed by atoms with E-state index in [1.807, 2.05) is 62.4 Å². The Morgan fingerprint density at radius 1 is 0.838 bits per heavy atom. The first-order chi connectivity index (χ1) is 17.9. The lowest BCUT2D eigenvalue weighted by Gasteiger charge is -2.29. The number of hydrogen-bond acceptors (Lipinski definition) is 6. The molecular weight excluding hydrogens is 504 g/mol. The van der Waals surface area contributed by atoms with E-state index in [2.05, 4.69) is 17.1 Å². The molecule has 186 valence electrons. The van der Waals surface area contributed by atoms with Gasteiger partial charge in [0.1, 0.15) is 17.6 Å². The van der Waals surface area contributed by atoms with Gasteiger partial charge in [0.2, 0.25) is 11.8 Å². The summed E-state index contributed by atoms with van der Waals surface area (Å²) in [6.45, 7) is 4.46. The van der Waals surface area contributed by atoms with Crippen molar-refractivity contribution in [2.75, 3.05) is 4.90 Å². The molecule has 3 atom stereocenters. The van der Waals surface area contributed by atoms with Crippen LogP contribution in [-0.4, -0.2) is 22.0 Å². The molecule has 8 heteroatoms. The molecule has 1 fully saturated rings. The number of aryl methyl sites for hydroxylation is 2. The highest BCUT2D eigenvalue weighted by Gasteiger charge is 2.56. The quantitative estimate of drug-likeness (QED) is 0.350. The lowest BCUT2D eigenvalue weighted by molar-refractivity contribution is -0.122. The number of aromatic amines is 1. The summed E-state index contributed by atoms with van der Waals surface area (Å²) in [6.07, 6.45) is 0. The van der Waals surface area contributed by atoms with Crippen molar-refractivity contribution in [1.82, 2.24) is 4.98 Å². The van der Waals surface area contributed by atoms with E-state index >= 15 is 0 Å². The third-order valence-electron chi connectivity index (χ3n) is 6.88. The normalized spacial score (nSPS) is 20.6. The van der Waals surface area contributed by atoms with Crippen LogP contribution in [0, 0.1) is 19.8 Å². The van der Waals surface area contributed by atoms with E-state index < -0.39 is 17.1 Å². The maximum Gasteiger partial charge on any atom is 0.305 e. The van der Waals surface area contributed by atoms with Crippen molar-refractivity contribution < 1.29 is 14.3 Å². The Kier molecular flexibility index (Phi) is 6.01. The van der Waals surface area contributed by atoms with Crippen LogP contribution in [-0.2, 0) is 16.2 Å². The zero-order valence-corrected chi connectivity index (χ0v) is 21.9. The molecule has 6 rings (SSSR count). The van der Waals surface area contributed by atoms with Crippen LogP contribution in [0.4, 0.5) is 5.69 Å². The number of hydrogen-bond donors (Lipinski definition) is 1. The predicted molar refractivity (Wildman–Crippen MR) is 146 cm³/mol. The number of nitrogens with zero attached hydrogens (tertiary/aromatic N) is 1. The Hall–Kier alpha value is -3.62. The number of amides is 2. The van der Waals surface area contributed by atoms with E-state index in [1.165, 1.54) is 22.2 Å². The topological polar surface area (TPSA) is 79.5 Å². The first-order valence-corrected chi connectivity index (χ1v) is 13.7. The maximum atomic E-state index is 13.8. The summed E-state index contributed by atoms with van der Waals surface area (Å²) >= 11 is 2.40. The fourth-order valence-electron chi connectivity index (χ4n) is 4.95. The Morgan fingerprint density at radius 2 is 1.49 bits per heavy atom. The average molecular weight is 529 g/mol. The molecule has 1 aromatic heterocycles. The number of anilines is 1. The molecule has 1 saturated heterocycles. The Bertz CT molecular complexity index is 1540. The first kappa shape index (κ1) is 23.8. The summed E-state index contributed by atoms with van der Waals surface area (Å²) in [7, 11) is 0. The molecule has 0 bridgehead atoms. The zero-order valence-electron chi connectivity index (χ0n) is 20.3. The second-order valence-corrected chi connectivity index (χ2v) is 11.6. The average Bonchev–Trinajstić information content (AvgIpc) is 3.39. The number of carbonyl (C=O) groups is 2. The van der Waals surface area contributed by atoms with Crippen molar-refractivity contribution in [3.05, 3.63) is 110 Å². The van der Waals surface area contributed by atoms with Gasteiger partial charge in [-0.3, -0.25) is 14.4 Å². The smallest absolute Gasteiger partial charge is 0.305 e. The number of carbonyl (C=O) groups excluding carboxylic acids is 2. The summed E-state index contributed by atoms with van der Waals surface area (Å²) in [5.41, 5.74) is 4.78. The number of ether oxygens (including phenoxy) is 1. The molecule has 0 aliphatic carbocycles. The van der Waals surface area contributed by atoms with Crippen LogP contribution in [0.5, 0.6) is 5.75 Å². The minimum atomic E-state index is -0.603. The van der Waals surface area contributed by atoms with Gasteiger partial charge in [-0.05, 0) is 49.2 Å². The lowest BCUT2D eigenvalue weighted by atomic mass is 9.83. The molecule has 1 N–H and O–H groups in total. The van der Waals surface area contributed by atoms with Gasteiger partial charge in [0.05, 0.1) is 16.6 Å². The van der Waals surface area contributed by atoms with Crippen molar-refractivity contribution in [2.45, 2.75) is 36.6 Å². The number of fused-ring (bicyclic) bond motifs is 2. The number of nitrogens with one attached hydrogen (secondary N) is 1. The number of benzene rings is 3. The molecule has 2 amide bonds. The number of rotatable bonds is 5. The standard InChI is InChI=1S/C29H24N2O4S2/c1-16-3-7-18(8-4-16)15-35-21-13-9-19(10-14-21)22-23-25(36-26-24(22)37-29(34)30-26)28(33)31(27(23)32)20-11-5-17(2)6-12-20/h3-14,22-23,25H,15H2,1-2H3,(H,30,34). The highest BCUT2D eigenvalue weighted by Crippen LogP contribution is 2.53. The number of aromatic nitrogens is 1. The minimum absolute atomic E-state index is 0.184. The van der Waals surface area contributed by atoms with E-state index in [1.54, 1.807) is 12.1 Å². The van der Waals surface area contributed by atoms with Gasteiger partial charge in [-0.25, -0.2) is 4.90 Å². The van der Waals surface area contributed by atoms with Crippen molar-refractivity contribution in [3.63, 3.8) is 0 Å². The van der Waals surface area contributed by atoms with E-state index in [0.29, 0.717) is 23.1 Å². The zero-order chi connectivity index (χ0) is 25.7. The Labute approximate surface area is 222 Å². The van der Waals surface area contributed by atoms with Gasteiger partial charge in [0.25, 0.3) is 0 Å². The molecule has 3 heterocycles. The second-order valence-electron chi connectivity index (χ2n) is 9.44. The summed E-state index contributed by atoms with van der Waals surface area (Å²) in [6, 6.07) is 23.2. The van der Waals surface area contributed by atoms with Crippen LogP contribution < -0.4 is 14.5 Å². The van der Waals surface area contributed by atoms with Crippen molar-refractivity contribution in [3.8, 4) is 5.75 Å². The molecular formula is C29H24N2O4S2. The molecule has 37 heavy (non-hydrogen) atoms. The number of thiazole rings is 1. The predicted octanol–water partition coefficient (Wildman–Crippen LogP) is 5.43. The molecule has 2 aliphatic rings. The molecule has 0 saturated carbocycles. The lowest BCUT2D eigenvalue weighted by Crippen LogP contribution is -2.32. The molecule has 3 aromatic carbocycles. The van der Waals surface area contributed by atoms with Gasteiger partial charge >= 0.3 is 4.87 Å². The van der Waals surface area contributed by atoms with Crippen molar-refractivity contribution in [1.29, 1.82) is 0 Å². The van der Waals surface area contributed by atoms with Crippen molar-refractivity contribution >= 4 is 40.6 Å². The number of H-pyrrole nitrogens is 1. The van der Waals surface area contributed by atoms with Crippen molar-refractivity contribution in [2.24, 2.45) is 5.92 Å². The van der Waals surface area contributed by atoms with Gasteiger partial charge in [0, 0.05) is 10.8 Å². The summed E-state index contributed by atoms with van der Waals surface area (Å²) < 4.78 is 5.97. The van der Waals surface area contributed by atoms with Crippen LogP contribution in [0.1, 0.15) is 33.0 Å². The van der Waals surface area contributed by atoms with Gasteiger partial charge in [0.15, 0.2) is 0 Å². The van der Waals surface area contributed by atoms with E-state index in [4.69, 9.17) is 4.74 Å². The van der Waals surface area contributed by atoms with Crippen LogP contribution in [0.3, 0.4) is 0 Å². The van der Waals surface area contributed by atoms with Crippen LogP contribution in [0.25, 0.3) is 0 Å². The van der Waals surface area contributed by atoms with Crippen LogP contribution in [0.2, 0.25) is 0 Å². The SMILES string of the molecule is Cc1ccc(COc2ccc(C3c4sc(=O)[nH]c4SC4C(=O)N(c5ccc(C)cc5)C(=O)C43)cc2)cc1. The van der Waals surface area contributed by atoms with Gasteiger partial charge in [-0.15, -0.1) is 0 Å². The maximum absolute atomic E-state index is 13.8. The summed E-state index contributed by atoms with van der Waals surface area (Å²) in [5, 5.41) is 0.0712. The van der Waals surface area contributed by atoms with E-state index in [0.717, 1.165) is 32.9 Å². The Balaban J connectivity index is 1.32. The third kappa shape index (κ3) is 4.30. The molecule has 6 nitrogen and oxygen atoms in total. The molecule has 4 aromatic rings. The van der Waals surface area contributed by atoms with Gasteiger partial charge < -0.3 is 9.72 Å². The second kappa shape index (κ2) is 9.36. The number of imide groups is 1. The minimum Gasteiger partial charge on any atom is -0.489 e. The van der Waals surface area contributed by atoms with Crippen LogP contribution in [0.15, 0.2) is 82.6 Å². The van der Waals surface area contributed by atoms with Gasteiger partial charge in [-0.1, -0.05) is 82.8 Å². The van der Waals surface area contributed by atoms with E-state index in [-0.39, 0.29) is 16.7 Å². The van der Waals surface area contributed by atoms with Crippen LogP contribution >= 0.6 is 23.1 Å². The summed E-state index contributed by atoms with van der Waals surface area (Å²) in [4.78, 5) is 44.4. The number of thioether (sulfide) groups is 1. The molecule has 0 spiro atoms. The highest BCUT2D eigenvalue weighted by atomic mass is 32.2. The summed E-state index contributed by atoms with van der Waals surface area (Å²) in [5.74, 6) is -0.767. The highest BCUT2D eigenvalue weighted by molar-refractivity contribution is 8.00. The Morgan fingerprint density at radius 3 is 2.16 bits per heavy atom. The van der Waals surface area contributed by atoms with Gasteiger partial charge in [-0.2, -0.15) is 0 Å².